The van der Waals surface area contributed by atoms with E-state index < -0.39 is 10.0 Å². The topological polar surface area (TPSA) is 75.6 Å². The first kappa shape index (κ1) is 15.7. The molecule has 2 aromatic carbocycles. The summed E-state index contributed by atoms with van der Waals surface area (Å²) < 4.78 is 33.0. The van der Waals surface area contributed by atoms with Crippen molar-refractivity contribution < 1.29 is 18.3 Å². The number of benzene rings is 2. The fourth-order valence-corrected chi connectivity index (χ4v) is 3.13. The van der Waals surface area contributed by atoms with E-state index in [2.05, 4.69) is 20.7 Å². The quantitative estimate of drug-likeness (QED) is 0.790. The molecule has 7 heteroatoms. The predicted molar refractivity (Wildman–Crippen MR) is 84.2 cm³/mol. The minimum atomic E-state index is -3.80. The van der Waals surface area contributed by atoms with Gasteiger partial charge in [0.25, 0.3) is 10.0 Å². The molecule has 0 bridgehead atoms. The molecule has 0 fully saturated rings. The maximum atomic E-state index is 12.3. The van der Waals surface area contributed by atoms with E-state index in [4.69, 9.17) is 4.74 Å². The Morgan fingerprint density at radius 1 is 1.24 bits per heavy atom. The van der Waals surface area contributed by atoms with Gasteiger partial charge in [-0.25, -0.2) is 8.42 Å². The Kier molecular flexibility index (Phi) is 4.74. The van der Waals surface area contributed by atoms with E-state index in [1.54, 1.807) is 18.2 Å². The maximum absolute atomic E-state index is 12.3. The molecule has 0 aliphatic carbocycles. The Hall–Kier alpha value is -1.73. The summed E-state index contributed by atoms with van der Waals surface area (Å²) in [6.07, 6.45) is 0. The van der Waals surface area contributed by atoms with Gasteiger partial charge in [-0.2, -0.15) is 0 Å². The van der Waals surface area contributed by atoms with Gasteiger partial charge in [0.05, 0.1) is 21.7 Å². The Morgan fingerprint density at radius 2 is 1.95 bits per heavy atom. The smallest absolute Gasteiger partial charge is 0.262 e. The number of nitrogens with one attached hydrogen (secondary N) is 1. The zero-order valence-electron chi connectivity index (χ0n) is 11.2. The fourth-order valence-electron chi connectivity index (χ4n) is 1.68. The molecular weight excluding hydrogens is 358 g/mol. The number of hydrogen-bond acceptors (Lipinski definition) is 4. The highest BCUT2D eigenvalue weighted by molar-refractivity contribution is 9.10. The normalized spacial score (nSPS) is 11.1. The second kappa shape index (κ2) is 6.36. The summed E-state index contributed by atoms with van der Waals surface area (Å²) in [5.74, 6) is 0.306. The first-order valence-corrected chi connectivity index (χ1v) is 8.45. The van der Waals surface area contributed by atoms with Gasteiger partial charge < -0.3 is 9.84 Å². The third kappa shape index (κ3) is 3.68. The number of para-hydroxylation sites is 2. The van der Waals surface area contributed by atoms with Crippen LogP contribution in [-0.2, 0) is 10.0 Å². The van der Waals surface area contributed by atoms with E-state index in [1.807, 2.05) is 6.92 Å². The Balaban J connectivity index is 2.36. The van der Waals surface area contributed by atoms with Crippen LogP contribution in [0.25, 0.3) is 0 Å². The predicted octanol–water partition coefficient (Wildman–Crippen LogP) is 3.35. The van der Waals surface area contributed by atoms with E-state index in [-0.39, 0.29) is 16.3 Å². The van der Waals surface area contributed by atoms with Crippen molar-refractivity contribution in [3.05, 3.63) is 46.9 Å². The summed E-state index contributed by atoms with van der Waals surface area (Å²) >= 11 is 3.30. The van der Waals surface area contributed by atoms with E-state index >= 15 is 0 Å². The first-order chi connectivity index (χ1) is 9.94. The number of hydrogen-bond donors (Lipinski definition) is 2. The third-order valence-corrected chi connectivity index (χ3v) is 4.68. The van der Waals surface area contributed by atoms with Gasteiger partial charge in [-0.15, -0.1) is 0 Å². The molecule has 0 saturated carbocycles. The van der Waals surface area contributed by atoms with E-state index in [0.29, 0.717) is 16.8 Å². The molecule has 0 saturated heterocycles. The minimum Gasteiger partial charge on any atom is -0.506 e. The molecule has 0 radical (unpaired) electrons. The highest BCUT2D eigenvalue weighted by Gasteiger charge is 2.17. The molecule has 112 valence electrons. The van der Waals surface area contributed by atoms with Crippen molar-refractivity contribution in [3.63, 3.8) is 0 Å². The molecule has 0 aliphatic heterocycles. The monoisotopic (exact) mass is 371 g/mol. The van der Waals surface area contributed by atoms with Gasteiger partial charge in [-0.05, 0) is 47.1 Å². The van der Waals surface area contributed by atoms with Gasteiger partial charge in [0.1, 0.15) is 11.5 Å². The number of phenolic OH excluding ortho intramolecular Hbond substituents is 1. The van der Waals surface area contributed by atoms with Crippen LogP contribution in [-0.4, -0.2) is 20.1 Å². The number of anilines is 1. The highest BCUT2D eigenvalue weighted by Crippen LogP contribution is 2.30. The molecule has 0 aliphatic rings. The van der Waals surface area contributed by atoms with Gasteiger partial charge in [-0.1, -0.05) is 12.1 Å². The summed E-state index contributed by atoms with van der Waals surface area (Å²) in [7, 11) is -3.80. The lowest BCUT2D eigenvalue weighted by atomic mass is 10.3. The van der Waals surface area contributed by atoms with Crippen LogP contribution in [0.1, 0.15) is 6.92 Å². The average Bonchev–Trinajstić information content (AvgIpc) is 2.44. The zero-order valence-corrected chi connectivity index (χ0v) is 13.6. The Labute approximate surface area is 131 Å². The molecule has 0 unspecified atom stereocenters. The van der Waals surface area contributed by atoms with Crippen molar-refractivity contribution in [1.82, 2.24) is 0 Å². The molecule has 5 nitrogen and oxygen atoms in total. The average molecular weight is 372 g/mol. The summed E-state index contributed by atoms with van der Waals surface area (Å²) in [6, 6.07) is 10.6. The van der Waals surface area contributed by atoms with Crippen LogP contribution in [0, 0.1) is 0 Å². The molecule has 2 aromatic rings. The highest BCUT2D eigenvalue weighted by atomic mass is 79.9. The van der Waals surface area contributed by atoms with E-state index in [1.165, 1.54) is 24.3 Å². The number of phenols is 1. The SMILES string of the molecule is CCOc1cc(S(=O)(=O)Nc2ccccc2O)ccc1Br. The summed E-state index contributed by atoms with van der Waals surface area (Å²) in [5.41, 5.74) is 0.123. The lowest BCUT2D eigenvalue weighted by molar-refractivity contribution is 0.337. The second-order valence-electron chi connectivity index (χ2n) is 4.15. The number of aromatic hydroxyl groups is 1. The molecule has 0 heterocycles. The van der Waals surface area contributed by atoms with Gasteiger partial charge in [0, 0.05) is 6.07 Å². The van der Waals surface area contributed by atoms with Crippen LogP contribution in [0.5, 0.6) is 11.5 Å². The molecule has 0 amide bonds. The molecule has 0 spiro atoms. The maximum Gasteiger partial charge on any atom is 0.262 e. The van der Waals surface area contributed by atoms with Gasteiger partial charge in [-0.3, -0.25) is 4.72 Å². The minimum absolute atomic E-state index is 0.0532. The largest absolute Gasteiger partial charge is 0.506 e. The summed E-state index contributed by atoms with van der Waals surface area (Å²) in [5, 5.41) is 9.64. The van der Waals surface area contributed by atoms with Crippen molar-refractivity contribution in [2.75, 3.05) is 11.3 Å². The molecule has 0 aromatic heterocycles. The number of halogens is 1. The van der Waals surface area contributed by atoms with Crippen molar-refractivity contribution in [1.29, 1.82) is 0 Å². The van der Waals surface area contributed by atoms with E-state index in [9.17, 15) is 13.5 Å². The molecule has 21 heavy (non-hydrogen) atoms. The summed E-state index contributed by atoms with van der Waals surface area (Å²) in [6.45, 7) is 2.24. The van der Waals surface area contributed by atoms with Crippen LogP contribution in [0.2, 0.25) is 0 Å². The third-order valence-electron chi connectivity index (χ3n) is 2.66. The molecular formula is C14H14BrNO4S. The van der Waals surface area contributed by atoms with Crippen molar-refractivity contribution in [3.8, 4) is 11.5 Å². The van der Waals surface area contributed by atoms with Crippen molar-refractivity contribution in [2.24, 2.45) is 0 Å². The van der Waals surface area contributed by atoms with Crippen LogP contribution in [0.4, 0.5) is 5.69 Å². The second-order valence-corrected chi connectivity index (χ2v) is 6.68. The summed E-state index contributed by atoms with van der Waals surface area (Å²) in [4.78, 5) is 0.0532. The van der Waals surface area contributed by atoms with Gasteiger partial charge in [0.15, 0.2) is 0 Å². The van der Waals surface area contributed by atoms with Crippen LogP contribution >= 0.6 is 15.9 Å². The standard InChI is InChI=1S/C14H14BrNO4S/c1-2-20-14-9-10(7-8-11(14)15)21(18,19)16-12-5-3-4-6-13(12)17/h3-9,16-17H,2H2,1H3. The van der Waals surface area contributed by atoms with Crippen molar-refractivity contribution in [2.45, 2.75) is 11.8 Å². The van der Waals surface area contributed by atoms with Gasteiger partial charge in [0.2, 0.25) is 0 Å². The van der Waals surface area contributed by atoms with Crippen LogP contribution in [0.15, 0.2) is 51.8 Å². The number of rotatable bonds is 5. The fraction of sp³-hybridized carbons (Fsp3) is 0.143. The lowest BCUT2D eigenvalue weighted by Gasteiger charge is -2.11. The molecule has 0 atom stereocenters. The Bertz CT molecular complexity index is 746. The van der Waals surface area contributed by atoms with Crippen LogP contribution < -0.4 is 9.46 Å². The first-order valence-electron chi connectivity index (χ1n) is 6.17. The molecule has 2 rings (SSSR count). The molecule has 2 N–H and O–H groups in total. The lowest BCUT2D eigenvalue weighted by Crippen LogP contribution is -2.13. The Morgan fingerprint density at radius 3 is 2.62 bits per heavy atom. The van der Waals surface area contributed by atoms with Gasteiger partial charge >= 0.3 is 0 Å². The number of sulfonamides is 1. The number of ether oxygens (including phenoxy) is 1. The zero-order chi connectivity index (χ0) is 15.5. The van der Waals surface area contributed by atoms with E-state index in [0.717, 1.165) is 0 Å². The van der Waals surface area contributed by atoms with Crippen LogP contribution in [0.3, 0.4) is 0 Å². The van der Waals surface area contributed by atoms with Crippen molar-refractivity contribution >= 4 is 31.6 Å².